The first-order valence-corrected chi connectivity index (χ1v) is 18.2. The number of unbranched alkanes of at least 4 members (excludes halogenated alkanes) is 23. The summed E-state index contributed by atoms with van der Waals surface area (Å²) in [7, 11) is 0. The number of carbonyl (C=O) groups excluding carboxylic acids is 2. The van der Waals surface area contributed by atoms with E-state index in [4.69, 9.17) is 9.47 Å². The number of rotatable bonds is 33. The fraction of sp³-hybridized carbons (Fsp3) is 0.892. The van der Waals surface area contributed by atoms with Crippen LogP contribution in [0, 0.1) is 0 Å². The number of esters is 2. The van der Waals surface area contributed by atoms with E-state index in [0.29, 0.717) is 12.8 Å². The zero-order valence-corrected chi connectivity index (χ0v) is 28.0. The second-order valence-corrected chi connectivity index (χ2v) is 12.3. The Hall–Kier alpha value is -1.36. The molecule has 1 atom stereocenters. The topological polar surface area (TPSA) is 72.8 Å². The van der Waals surface area contributed by atoms with Crippen LogP contribution in [-0.2, 0) is 19.1 Å². The zero-order chi connectivity index (χ0) is 30.8. The number of hydrogen-bond donors (Lipinski definition) is 1. The fourth-order valence-electron chi connectivity index (χ4n) is 5.25. The predicted molar refractivity (Wildman–Crippen MR) is 178 cm³/mol. The van der Waals surface area contributed by atoms with Crippen molar-refractivity contribution >= 4 is 11.9 Å². The third kappa shape index (κ3) is 31.6. The van der Waals surface area contributed by atoms with Crippen LogP contribution in [0.1, 0.15) is 194 Å². The zero-order valence-electron chi connectivity index (χ0n) is 28.0. The van der Waals surface area contributed by atoms with Crippen LogP contribution in [0.3, 0.4) is 0 Å². The Balaban J connectivity index is 3.53. The molecule has 0 aromatic carbocycles. The minimum atomic E-state index is -0.766. The van der Waals surface area contributed by atoms with Gasteiger partial charge in [0.1, 0.15) is 6.61 Å². The molecular formula is C37H70O5. The van der Waals surface area contributed by atoms with Crippen LogP contribution in [0.25, 0.3) is 0 Å². The van der Waals surface area contributed by atoms with E-state index in [0.717, 1.165) is 44.9 Å². The second kappa shape index (κ2) is 34.1. The summed E-state index contributed by atoms with van der Waals surface area (Å²) in [6.45, 7) is 4.11. The summed E-state index contributed by atoms with van der Waals surface area (Å²) >= 11 is 0. The lowest BCUT2D eigenvalue weighted by atomic mass is 10.0. The molecule has 42 heavy (non-hydrogen) atoms. The molecule has 0 saturated heterocycles. The van der Waals surface area contributed by atoms with E-state index in [-0.39, 0.29) is 25.2 Å². The van der Waals surface area contributed by atoms with Gasteiger partial charge in [-0.2, -0.15) is 0 Å². The van der Waals surface area contributed by atoms with E-state index >= 15 is 0 Å². The molecule has 0 heterocycles. The number of aliphatic hydroxyl groups excluding tert-OH is 1. The molecule has 0 rings (SSSR count). The van der Waals surface area contributed by atoms with Gasteiger partial charge in [-0.05, 0) is 38.5 Å². The number of carbonyl (C=O) groups is 2. The maximum atomic E-state index is 12.1. The molecule has 0 saturated carbocycles. The molecular weight excluding hydrogens is 524 g/mol. The van der Waals surface area contributed by atoms with Crippen LogP contribution in [-0.4, -0.2) is 36.4 Å². The third-order valence-corrected chi connectivity index (χ3v) is 8.06. The highest BCUT2D eigenvalue weighted by atomic mass is 16.6. The van der Waals surface area contributed by atoms with E-state index in [9.17, 15) is 14.7 Å². The van der Waals surface area contributed by atoms with Crippen molar-refractivity contribution in [1.29, 1.82) is 0 Å². The average Bonchev–Trinajstić information content (AvgIpc) is 2.99. The Bertz CT molecular complexity index is 603. The van der Waals surface area contributed by atoms with Crippen LogP contribution < -0.4 is 0 Å². The predicted octanol–water partition coefficient (Wildman–Crippen LogP) is 11.0. The highest BCUT2D eigenvalue weighted by molar-refractivity contribution is 5.70. The van der Waals surface area contributed by atoms with Gasteiger partial charge in [0, 0.05) is 12.8 Å². The van der Waals surface area contributed by atoms with E-state index in [1.807, 2.05) is 0 Å². The summed E-state index contributed by atoms with van der Waals surface area (Å²) in [6.07, 6.45) is 36.9. The molecule has 0 aromatic heterocycles. The van der Waals surface area contributed by atoms with Crippen LogP contribution in [0.5, 0.6) is 0 Å². The maximum absolute atomic E-state index is 12.1. The van der Waals surface area contributed by atoms with Crippen molar-refractivity contribution in [2.45, 2.75) is 200 Å². The summed E-state index contributed by atoms with van der Waals surface area (Å²) in [5, 5.41) is 9.52. The Morgan fingerprint density at radius 3 is 1.33 bits per heavy atom. The van der Waals surface area contributed by atoms with Crippen LogP contribution in [0.4, 0.5) is 0 Å². The van der Waals surface area contributed by atoms with Crippen molar-refractivity contribution in [2.24, 2.45) is 0 Å². The molecule has 0 aliphatic carbocycles. The van der Waals surface area contributed by atoms with Gasteiger partial charge < -0.3 is 14.6 Å². The van der Waals surface area contributed by atoms with Crippen molar-refractivity contribution in [3.05, 3.63) is 12.2 Å². The van der Waals surface area contributed by atoms with E-state index in [1.165, 1.54) is 122 Å². The molecule has 0 spiro atoms. The molecule has 248 valence electrons. The van der Waals surface area contributed by atoms with Gasteiger partial charge in [0.15, 0.2) is 6.10 Å². The SMILES string of the molecule is CCCCC/C=C/CCCCCCCC(=O)OC[C@H](CO)OC(=O)CCCCCCCCCCCCCCCCCC. The maximum Gasteiger partial charge on any atom is 0.306 e. The lowest BCUT2D eigenvalue weighted by Gasteiger charge is -2.15. The van der Waals surface area contributed by atoms with Gasteiger partial charge >= 0.3 is 11.9 Å². The molecule has 5 heteroatoms. The van der Waals surface area contributed by atoms with E-state index in [2.05, 4.69) is 26.0 Å². The molecule has 0 aliphatic rings. The van der Waals surface area contributed by atoms with Gasteiger partial charge in [-0.25, -0.2) is 0 Å². The molecule has 0 unspecified atom stereocenters. The van der Waals surface area contributed by atoms with Crippen molar-refractivity contribution < 1.29 is 24.2 Å². The molecule has 0 amide bonds. The smallest absolute Gasteiger partial charge is 0.306 e. The largest absolute Gasteiger partial charge is 0.462 e. The minimum Gasteiger partial charge on any atom is -0.462 e. The van der Waals surface area contributed by atoms with Gasteiger partial charge in [0.2, 0.25) is 0 Å². The van der Waals surface area contributed by atoms with Crippen LogP contribution >= 0.6 is 0 Å². The fourth-order valence-corrected chi connectivity index (χ4v) is 5.25. The van der Waals surface area contributed by atoms with Gasteiger partial charge in [0.25, 0.3) is 0 Å². The van der Waals surface area contributed by atoms with Crippen molar-refractivity contribution in [2.75, 3.05) is 13.2 Å². The van der Waals surface area contributed by atoms with Crippen LogP contribution in [0.15, 0.2) is 12.2 Å². The van der Waals surface area contributed by atoms with Crippen molar-refractivity contribution in [3.63, 3.8) is 0 Å². The molecule has 0 fully saturated rings. The van der Waals surface area contributed by atoms with E-state index < -0.39 is 6.10 Å². The number of hydrogen-bond acceptors (Lipinski definition) is 5. The minimum absolute atomic E-state index is 0.0649. The first kappa shape index (κ1) is 40.6. The van der Waals surface area contributed by atoms with Gasteiger partial charge in [-0.3, -0.25) is 9.59 Å². The lowest BCUT2D eigenvalue weighted by Crippen LogP contribution is -2.28. The lowest BCUT2D eigenvalue weighted by molar-refractivity contribution is -0.161. The Morgan fingerprint density at radius 1 is 0.524 bits per heavy atom. The van der Waals surface area contributed by atoms with Crippen molar-refractivity contribution in [1.82, 2.24) is 0 Å². The first-order valence-electron chi connectivity index (χ1n) is 18.2. The quantitative estimate of drug-likeness (QED) is 0.0465. The van der Waals surface area contributed by atoms with Crippen molar-refractivity contribution in [3.8, 4) is 0 Å². The Labute approximate surface area is 261 Å². The summed E-state index contributed by atoms with van der Waals surface area (Å²) in [5.74, 6) is -0.594. The molecule has 5 nitrogen and oxygen atoms in total. The summed E-state index contributed by atoms with van der Waals surface area (Å²) < 4.78 is 10.6. The Kier molecular flexibility index (Phi) is 33.0. The standard InChI is InChI=1S/C37H70O5/c1-3-5-7-9-11-13-15-17-18-19-20-22-24-26-28-30-32-37(40)42-35(33-38)34-41-36(39)31-29-27-25-23-21-16-14-12-10-8-6-4-2/h12,14,35,38H,3-11,13,15-34H2,1-2H3/b14-12+/t35-/m0/s1. The second-order valence-electron chi connectivity index (χ2n) is 12.3. The highest BCUT2D eigenvalue weighted by Crippen LogP contribution is 2.15. The summed E-state index contributed by atoms with van der Waals surface area (Å²) in [4.78, 5) is 24.1. The Morgan fingerprint density at radius 2 is 0.881 bits per heavy atom. The molecule has 0 bridgehead atoms. The molecule has 0 radical (unpaired) electrons. The molecule has 1 N–H and O–H groups in total. The first-order chi connectivity index (χ1) is 20.6. The number of ether oxygens (including phenoxy) is 2. The number of aliphatic hydroxyl groups is 1. The molecule has 0 aromatic rings. The monoisotopic (exact) mass is 595 g/mol. The number of allylic oxidation sites excluding steroid dienone is 2. The normalized spacial score (nSPS) is 12.2. The van der Waals surface area contributed by atoms with Gasteiger partial charge in [-0.15, -0.1) is 0 Å². The van der Waals surface area contributed by atoms with Gasteiger partial charge in [0.05, 0.1) is 6.61 Å². The van der Waals surface area contributed by atoms with E-state index in [1.54, 1.807) is 0 Å². The highest BCUT2D eigenvalue weighted by Gasteiger charge is 2.16. The third-order valence-electron chi connectivity index (χ3n) is 8.06. The average molecular weight is 595 g/mol. The van der Waals surface area contributed by atoms with Crippen LogP contribution in [0.2, 0.25) is 0 Å². The van der Waals surface area contributed by atoms with Gasteiger partial charge in [-0.1, -0.05) is 154 Å². The summed E-state index contributed by atoms with van der Waals surface area (Å²) in [6, 6.07) is 0. The summed E-state index contributed by atoms with van der Waals surface area (Å²) in [5.41, 5.74) is 0. The molecule has 0 aliphatic heterocycles.